The molecule has 4 heteroatoms. The average molecular weight is 103 g/mol. The Bertz CT molecular complexity index is 92.2. The highest BCUT2D eigenvalue weighted by Gasteiger charge is 2.18. The van der Waals surface area contributed by atoms with Crippen molar-refractivity contribution < 1.29 is 14.7 Å². The highest BCUT2D eigenvalue weighted by molar-refractivity contribution is 5.67. The fraction of sp³-hybridized carbons (Fsp3) is 0.667. The van der Waals surface area contributed by atoms with Crippen LogP contribution in [0.1, 0.15) is 0 Å². The second-order valence-corrected chi connectivity index (χ2v) is 1.24. The van der Waals surface area contributed by atoms with Crippen LogP contribution in [0.15, 0.2) is 0 Å². The second kappa shape index (κ2) is 1.38. The molecular formula is C3H5NO3. The number of hydrogen-bond acceptors (Lipinski definition) is 3. The molecule has 1 fully saturated rings. The molecular weight excluding hydrogens is 98.0 g/mol. The molecule has 1 rings (SSSR count). The van der Waals surface area contributed by atoms with Gasteiger partial charge in [0, 0.05) is 0 Å². The number of carbonyl (C=O) groups excluding carboxylic acids is 1. The lowest BCUT2D eigenvalue weighted by Crippen LogP contribution is -2.18. The molecule has 0 saturated carbocycles. The summed E-state index contributed by atoms with van der Waals surface area (Å²) in [7, 11) is 0. The molecule has 0 unspecified atom stereocenters. The van der Waals surface area contributed by atoms with Gasteiger partial charge < -0.3 is 4.74 Å². The summed E-state index contributed by atoms with van der Waals surface area (Å²) in [5, 5.41) is 8.90. The van der Waals surface area contributed by atoms with Crippen molar-refractivity contribution in [3.63, 3.8) is 0 Å². The van der Waals surface area contributed by atoms with Crippen LogP contribution >= 0.6 is 0 Å². The van der Waals surface area contributed by atoms with Crippen LogP contribution in [-0.4, -0.2) is 29.5 Å². The van der Waals surface area contributed by atoms with Crippen LogP contribution in [0.5, 0.6) is 0 Å². The van der Waals surface area contributed by atoms with Crippen molar-refractivity contribution in [2.75, 3.05) is 13.2 Å². The molecule has 0 aromatic rings. The van der Waals surface area contributed by atoms with Crippen molar-refractivity contribution in [1.29, 1.82) is 0 Å². The SMILES string of the molecule is O=C1OCCN1O. The zero-order valence-corrected chi connectivity index (χ0v) is 3.63. The minimum Gasteiger partial charge on any atom is -0.446 e. The summed E-state index contributed by atoms with van der Waals surface area (Å²) in [6.45, 7) is 0.591. The van der Waals surface area contributed by atoms with Gasteiger partial charge in [0.05, 0.1) is 6.54 Å². The summed E-state index contributed by atoms with van der Waals surface area (Å²) < 4.78 is 4.30. The molecule has 1 amide bonds. The van der Waals surface area contributed by atoms with E-state index < -0.39 is 6.09 Å². The molecule has 0 bridgehead atoms. The molecule has 40 valence electrons. The maximum Gasteiger partial charge on any atom is 0.433 e. The number of amides is 1. The first-order valence-corrected chi connectivity index (χ1v) is 1.94. The Balaban J connectivity index is 2.48. The lowest BCUT2D eigenvalue weighted by molar-refractivity contribution is -0.0307. The van der Waals surface area contributed by atoms with E-state index in [4.69, 9.17) is 5.21 Å². The van der Waals surface area contributed by atoms with E-state index in [-0.39, 0.29) is 0 Å². The Labute approximate surface area is 40.2 Å². The van der Waals surface area contributed by atoms with Crippen LogP contribution in [0.2, 0.25) is 0 Å². The van der Waals surface area contributed by atoms with Crippen molar-refractivity contribution in [3.05, 3.63) is 0 Å². The van der Waals surface area contributed by atoms with Gasteiger partial charge in [0.2, 0.25) is 0 Å². The van der Waals surface area contributed by atoms with Gasteiger partial charge in [0.1, 0.15) is 6.61 Å². The fourth-order valence-corrected chi connectivity index (χ4v) is 0.385. The predicted molar refractivity (Wildman–Crippen MR) is 19.8 cm³/mol. The van der Waals surface area contributed by atoms with Gasteiger partial charge in [-0.1, -0.05) is 0 Å². The summed E-state index contributed by atoms with van der Waals surface area (Å²) in [6, 6.07) is 0. The van der Waals surface area contributed by atoms with E-state index in [1.54, 1.807) is 0 Å². The lowest BCUT2D eigenvalue weighted by Gasteiger charge is -1.96. The quantitative estimate of drug-likeness (QED) is 0.433. The van der Waals surface area contributed by atoms with E-state index in [0.717, 1.165) is 0 Å². The monoisotopic (exact) mass is 103 g/mol. The molecule has 0 atom stereocenters. The van der Waals surface area contributed by atoms with Crippen LogP contribution < -0.4 is 0 Å². The number of cyclic esters (lactones) is 1. The average Bonchev–Trinajstić information content (AvgIpc) is 1.91. The van der Waals surface area contributed by atoms with Crippen molar-refractivity contribution >= 4 is 6.09 Å². The maximum atomic E-state index is 10.0. The Morgan fingerprint density at radius 1 is 1.86 bits per heavy atom. The fourth-order valence-electron chi connectivity index (χ4n) is 0.385. The predicted octanol–water partition coefficient (Wildman–Crippen LogP) is -0.172. The summed E-state index contributed by atoms with van der Waals surface area (Å²) in [6.07, 6.45) is -0.653. The molecule has 0 radical (unpaired) electrons. The second-order valence-electron chi connectivity index (χ2n) is 1.24. The Kier molecular flexibility index (Phi) is 0.867. The molecule has 1 aliphatic heterocycles. The number of nitrogens with zero attached hydrogens (tertiary/aromatic N) is 1. The van der Waals surface area contributed by atoms with E-state index >= 15 is 0 Å². The van der Waals surface area contributed by atoms with E-state index in [0.29, 0.717) is 18.2 Å². The lowest BCUT2D eigenvalue weighted by atomic mass is 10.7. The van der Waals surface area contributed by atoms with Crippen LogP contribution in [0.3, 0.4) is 0 Å². The van der Waals surface area contributed by atoms with Crippen LogP contribution in [0.4, 0.5) is 4.79 Å². The molecule has 1 saturated heterocycles. The number of hydrogen-bond donors (Lipinski definition) is 1. The molecule has 4 nitrogen and oxygen atoms in total. The summed E-state index contributed by atoms with van der Waals surface area (Å²) in [5.41, 5.74) is 0. The Morgan fingerprint density at radius 3 is 2.71 bits per heavy atom. The van der Waals surface area contributed by atoms with Gasteiger partial charge in [-0.05, 0) is 0 Å². The first-order valence-electron chi connectivity index (χ1n) is 1.94. The third-order valence-electron chi connectivity index (χ3n) is 0.739. The molecule has 0 spiro atoms. The topological polar surface area (TPSA) is 49.8 Å². The molecule has 1 aliphatic rings. The molecule has 7 heavy (non-hydrogen) atoms. The number of ether oxygens (including phenoxy) is 1. The van der Waals surface area contributed by atoms with Gasteiger partial charge >= 0.3 is 6.09 Å². The van der Waals surface area contributed by atoms with Gasteiger partial charge in [0.15, 0.2) is 0 Å². The maximum absolute atomic E-state index is 10.0. The highest BCUT2D eigenvalue weighted by Crippen LogP contribution is 1.96. The van der Waals surface area contributed by atoms with E-state index in [9.17, 15) is 4.79 Å². The summed E-state index contributed by atoms with van der Waals surface area (Å²) in [4.78, 5) is 10.0. The number of rotatable bonds is 0. The zero-order chi connectivity index (χ0) is 5.28. The Morgan fingerprint density at radius 2 is 2.57 bits per heavy atom. The van der Waals surface area contributed by atoms with E-state index in [2.05, 4.69) is 4.74 Å². The molecule has 0 aliphatic carbocycles. The van der Waals surface area contributed by atoms with Gasteiger partial charge in [-0.3, -0.25) is 5.21 Å². The summed E-state index contributed by atoms with van der Waals surface area (Å²) >= 11 is 0. The number of hydroxylamine groups is 2. The standard InChI is InChI=1S/C3H5NO3/c5-3-4(6)1-2-7-3/h6H,1-2H2. The van der Waals surface area contributed by atoms with Crippen LogP contribution in [0.25, 0.3) is 0 Å². The minimum atomic E-state index is -0.653. The molecule has 1 N–H and O–H groups in total. The van der Waals surface area contributed by atoms with Crippen molar-refractivity contribution in [2.24, 2.45) is 0 Å². The van der Waals surface area contributed by atoms with Crippen LogP contribution in [0, 0.1) is 0 Å². The minimum absolute atomic E-state index is 0.291. The van der Waals surface area contributed by atoms with Gasteiger partial charge in [-0.2, -0.15) is 5.06 Å². The van der Waals surface area contributed by atoms with Crippen molar-refractivity contribution in [1.82, 2.24) is 5.06 Å². The van der Waals surface area contributed by atoms with Gasteiger partial charge in [-0.15, -0.1) is 0 Å². The molecule has 1 heterocycles. The van der Waals surface area contributed by atoms with Gasteiger partial charge in [0.25, 0.3) is 0 Å². The Hall–Kier alpha value is -0.770. The molecule has 0 aromatic carbocycles. The first kappa shape index (κ1) is 4.39. The third kappa shape index (κ3) is 0.640. The normalized spacial score (nSPS) is 20.1. The summed E-state index contributed by atoms with van der Waals surface area (Å²) in [5.74, 6) is 0. The highest BCUT2D eigenvalue weighted by atomic mass is 16.6. The molecule has 0 aromatic heterocycles. The zero-order valence-electron chi connectivity index (χ0n) is 3.63. The third-order valence-corrected chi connectivity index (χ3v) is 0.739. The number of carbonyl (C=O) groups is 1. The van der Waals surface area contributed by atoms with Crippen molar-refractivity contribution in [2.45, 2.75) is 0 Å². The van der Waals surface area contributed by atoms with E-state index in [1.807, 2.05) is 0 Å². The first-order chi connectivity index (χ1) is 3.30. The van der Waals surface area contributed by atoms with Crippen molar-refractivity contribution in [3.8, 4) is 0 Å². The van der Waals surface area contributed by atoms with Gasteiger partial charge in [-0.25, -0.2) is 4.79 Å². The van der Waals surface area contributed by atoms with E-state index in [1.165, 1.54) is 0 Å². The largest absolute Gasteiger partial charge is 0.446 e. The smallest absolute Gasteiger partial charge is 0.433 e. The van der Waals surface area contributed by atoms with Crippen LogP contribution in [-0.2, 0) is 4.74 Å².